The first-order valence-electron chi connectivity index (χ1n) is 13.1. The van der Waals surface area contributed by atoms with Crippen molar-refractivity contribution in [1.82, 2.24) is 9.80 Å². The number of benzene rings is 3. The lowest BCUT2D eigenvalue weighted by Gasteiger charge is -2.38. The Morgan fingerprint density at radius 2 is 1.46 bits per heavy atom. The third-order valence-corrected chi connectivity index (χ3v) is 8.33. The van der Waals surface area contributed by atoms with Gasteiger partial charge in [0.1, 0.15) is 0 Å². The van der Waals surface area contributed by atoms with Gasteiger partial charge in [-0.05, 0) is 61.6 Å². The van der Waals surface area contributed by atoms with E-state index in [1.165, 1.54) is 23.3 Å². The maximum atomic E-state index is 13.1. The van der Waals surface area contributed by atoms with Crippen LogP contribution in [0.25, 0.3) is 0 Å². The molecule has 196 valence electrons. The van der Waals surface area contributed by atoms with Crippen LogP contribution in [-0.4, -0.2) is 56.3 Å². The molecule has 0 atom stereocenters. The van der Waals surface area contributed by atoms with Crippen LogP contribution in [0.5, 0.6) is 0 Å². The second-order valence-electron chi connectivity index (χ2n) is 9.78. The van der Waals surface area contributed by atoms with Gasteiger partial charge in [0.05, 0.1) is 11.3 Å². The Balaban J connectivity index is 1.31. The standard InChI is InChI=1S/C30H37N3O3S/c1-2-33(30(34)23-24-13-15-28(16-14-24)37(31,35)36)27-17-20-32(21-18-27)22-19-29(25-9-5-3-6-10-25)26-11-7-4-8-12-26/h3-16,27,29H,2,17-23H2,1H3,(H2,31,35,36). The number of primary sulfonamides is 1. The van der Waals surface area contributed by atoms with Gasteiger partial charge < -0.3 is 9.80 Å². The van der Waals surface area contributed by atoms with E-state index < -0.39 is 10.0 Å². The molecule has 1 amide bonds. The maximum absolute atomic E-state index is 13.1. The van der Waals surface area contributed by atoms with Gasteiger partial charge in [-0.3, -0.25) is 4.79 Å². The Morgan fingerprint density at radius 3 is 1.95 bits per heavy atom. The average molecular weight is 520 g/mol. The van der Waals surface area contributed by atoms with Crippen LogP contribution >= 0.6 is 0 Å². The van der Waals surface area contributed by atoms with E-state index in [0.717, 1.165) is 44.5 Å². The summed E-state index contributed by atoms with van der Waals surface area (Å²) in [6.45, 7) is 5.68. The zero-order valence-electron chi connectivity index (χ0n) is 21.5. The quantitative estimate of drug-likeness (QED) is 0.430. The predicted octanol–water partition coefficient (Wildman–Crippen LogP) is 4.41. The van der Waals surface area contributed by atoms with Crippen LogP contribution in [0.1, 0.15) is 48.8 Å². The molecule has 37 heavy (non-hydrogen) atoms. The van der Waals surface area contributed by atoms with Crippen molar-refractivity contribution in [2.75, 3.05) is 26.2 Å². The molecule has 1 fully saturated rings. The molecule has 1 heterocycles. The molecule has 1 saturated heterocycles. The lowest BCUT2D eigenvalue weighted by atomic mass is 9.88. The van der Waals surface area contributed by atoms with E-state index in [9.17, 15) is 13.2 Å². The van der Waals surface area contributed by atoms with Crippen molar-refractivity contribution in [2.24, 2.45) is 5.14 Å². The summed E-state index contributed by atoms with van der Waals surface area (Å²) in [5.74, 6) is 0.451. The van der Waals surface area contributed by atoms with Gasteiger partial charge in [-0.2, -0.15) is 0 Å². The first-order chi connectivity index (χ1) is 17.8. The smallest absolute Gasteiger partial charge is 0.238 e. The lowest BCUT2D eigenvalue weighted by molar-refractivity contribution is -0.133. The number of nitrogens with two attached hydrogens (primary N) is 1. The third-order valence-electron chi connectivity index (χ3n) is 7.40. The van der Waals surface area contributed by atoms with Crippen LogP contribution in [-0.2, 0) is 21.2 Å². The topological polar surface area (TPSA) is 83.7 Å². The number of sulfonamides is 1. The van der Waals surface area contributed by atoms with E-state index in [1.807, 2.05) is 11.8 Å². The number of carbonyl (C=O) groups excluding carboxylic acids is 1. The SMILES string of the molecule is CCN(C(=O)Cc1ccc(S(N)(=O)=O)cc1)C1CCN(CCC(c2ccccc2)c2ccccc2)CC1. The number of likely N-dealkylation sites (N-methyl/N-ethyl adjacent to an activating group) is 1. The van der Waals surface area contributed by atoms with Crippen molar-refractivity contribution >= 4 is 15.9 Å². The van der Waals surface area contributed by atoms with Gasteiger partial charge in [0, 0.05) is 31.6 Å². The van der Waals surface area contributed by atoms with Gasteiger partial charge in [-0.25, -0.2) is 13.6 Å². The van der Waals surface area contributed by atoms with E-state index in [1.54, 1.807) is 12.1 Å². The second kappa shape index (κ2) is 12.5. The minimum atomic E-state index is -3.73. The highest BCUT2D eigenvalue weighted by Gasteiger charge is 2.27. The van der Waals surface area contributed by atoms with Crippen molar-refractivity contribution in [3.05, 3.63) is 102 Å². The Kier molecular flexibility index (Phi) is 9.14. The Morgan fingerprint density at radius 1 is 0.919 bits per heavy atom. The van der Waals surface area contributed by atoms with Crippen molar-refractivity contribution in [3.8, 4) is 0 Å². The van der Waals surface area contributed by atoms with Crippen LogP contribution in [0.15, 0.2) is 89.8 Å². The Bertz CT molecular complexity index is 1200. The van der Waals surface area contributed by atoms with E-state index in [-0.39, 0.29) is 23.3 Å². The molecule has 3 aromatic rings. The molecule has 1 aliphatic rings. The summed E-state index contributed by atoms with van der Waals surface area (Å²) < 4.78 is 23.0. The molecular formula is C30H37N3O3S. The van der Waals surface area contributed by atoms with Crippen molar-refractivity contribution in [2.45, 2.75) is 49.5 Å². The van der Waals surface area contributed by atoms with Gasteiger partial charge in [0.15, 0.2) is 0 Å². The maximum Gasteiger partial charge on any atom is 0.238 e. The minimum Gasteiger partial charge on any atom is -0.340 e. The third kappa shape index (κ3) is 7.28. The summed E-state index contributed by atoms with van der Waals surface area (Å²) in [7, 11) is -3.73. The van der Waals surface area contributed by atoms with E-state index in [0.29, 0.717) is 12.5 Å². The molecule has 0 saturated carbocycles. The van der Waals surface area contributed by atoms with Crippen LogP contribution in [0, 0.1) is 0 Å². The number of likely N-dealkylation sites (tertiary alicyclic amines) is 1. The molecular weight excluding hydrogens is 482 g/mol. The summed E-state index contributed by atoms with van der Waals surface area (Å²) in [6, 6.07) is 28.0. The number of hydrogen-bond donors (Lipinski definition) is 1. The molecule has 2 N–H and O–H groups in total. The fourth-order valence-electron chi connectivity index (χ4n) is 5.37. The first kappa shape index (κ1) is 27.0. The number of hydrogen-bond acceptors (Lipinski definition) is 4. The first-order valence-corrected chi connectivity index (χ1v) is 14.6. The molecule has 6 nitrogen and oxygen atoms in total. The predicted molar refractivity (Wildman–Crippen MR) is 148 cm³/mol. The van der Waals surface area contributed by atoms with Crippen molar-refractivity contribution < 1.29 is 13.2 Å². The molecule has 0 bridgehead atoms. The fraction of sp³-hybridized carbons (Fsp3) is 0.367. The molecule has 0 aliphatic carbocycles. The summed E-state index contributed by atoms with van der Waals surface area (Å²) >= 11 is 0. The van der Waals surface area contributed by atoms with Gasteiger partial charge >= 0.3 is 0 Å². The summed E-state index contributed by atoms with van der Waals surface area (Å²) in [4.78, 5) is 17.7. The highest BCUT2D eigenvalue weighted by Crippen LogP contribution is 2.29. The Hall–Kier alpha value is -3.00. The van der Waals surface area contributed by atoms with E-state index >= 15 is 0 Å². The molecule has 3 aromatic carbocycles. The van der Waals surface area contributed by atoms with Gasteiger partial charge in [0.2, 0.25) is 15.9 Å². The molecule has 7 heteroatoms. The average Bonchev–Trinajstić information content (AvgIpc) is 2.91. The molecule has 0 aromatic heterocycles. The molecule has 4 rings (SSSR count). The molecule has 1 aliphatic heterocycles. The van der Waals surface area contributed by atoms with Gasteiger partial charge in [0.25, 0.3) is 0 Å². The van der Waals surface area contributed by atoms with Crippen molar-refractivity contribution in [3.63, 3.8) is 0 Å². The summed E-state index contributed by atoms with van der Waals surface area (Å²) in [5, 5.41) is 5.18. The van der Waals surface area contributed by atoms with Crippen LogP contribution in [0.3, 0.4) is 0 Å². The zero-order chi connectivity index (χ0) is 26.3. The number of carbonyl (C=O) groups is 1. The monoisotopic (exact) mass is 519 g/mol. The molecule has 0 spiro atoms. The highest BCUT2D eigenvalue weighted by molar-refractivity contribution is 7.89. The lowest BCUT2D eigenvalue weighted by Crippen LogP contribution is -2.48. The zero-order valence-corrected chi connectivity index (χ0v) is 22.3. The van der Waals surface area contributed by atoms with Gasteiger partial charge in [-0.15, -0.1) is 0 Å². The summed E-state index contributed by atoms with van der Waals surface area (Å²) in [5.41, 5.74) is 3.49. The van der Waals surface area contributed by atoms with Crippen molar-refractivity contribution in [1.29, 1.82) is 0 Å². The number of amides is 1. The van der Waals surface area contributed by atoms with E-state index in [2.05, 4.69) is 65.6 Å². The number of rotatable bonds is 10. The number of nitrogens with zero attached hydrogens (tertiary/aromatic N) is 2. The Labute approximate surface area is 221 Å². The molecule has 0 radical (unpaired) electrons. The van der Waals surface area contributed by atoms with Crippen LogP contribution in [0.2, 0.25) is 0 Å². The van der Waals surface area contributed by atoms with Gasteiger partial charge in [-0.1, -0.05) is 72.8 Å². The van der Waals surface area contributed by atoms with Crippen LogP contribution in [0.4, 0.5) is 0 Å². The minimum absolute atomic E-state index is 0.0604. The fourth-order valence-corrected chi connectivity index (χ4v) is 5.89. The highest BCUT2D eigenvalue weighted by atomic mass is 32.2. The van der Waals surface area contributed by atoms with Crippen LogP contribution < -0.4 is 5.14 Å². The summed E-state index contributed by atoms with van der Waals surface area (Å²) in [6.07, 6.45) is 3.25. The number of piperidine rings is 1. The molecule has 0 unspecified atom stereocenters. The normalized spacial score (nSPS) is 15.1. The largest absolute Gasteiger partial charge is 0.340 e. The van der Waals surface area contributed by atoms with E-state index in [4.69, 9.17) is 5.14 Å². The second-order valence-corrected chi connectivity index (χ2v) is 11.3.